The van der Waals surface area contributed by atoms with Crippen LogP contribution in [0, 0.1) is 6.92 Å². The van der Waals surface area contributed by atoms with Crippen LogP contribution in [0.15, 0.2) is 23.1 Å². The van der Waals surface area contributed by atoms with Crippen LogP contribution in [0.25, 0.3) is 0 Å². The van der Waals surface area contributed by atoms with Gasteiger partial charge in [0.25, 0.3) is 0 Å². The number of nitrogens with one attached hydrogen (secondary N) is 2. The maximum atomic E-state index is 12.2. The number of methoxy groups -OCH3 is 1. The van der Waals surface area contributed by atoms with Gasteiger partial charge >= 0.3 is 0 Å². The molecule has 1 aromatic carbocycles. The van der Waals surface area contributed by atoms with Crippen molar-refractivity contribution in [3.8, 4) is 5.75 Å². The molecule has 0 unspecified atom stereocenters. The lowest BCUT2D eigenvalue weighted by Gasteiger charge is -2.15. The molecule has 1 rings (SSSR count). The molecule has 0 bridgehead atoms. The fourth-order valence-electron chi connectivity index (χ4n) is 1.56. The molecular formula is C12H18N2O4S. The number of rotatable bonds is 5. The molecule has 1 amide bonds. The van der Waals surface area contributed by atoms with E-state index in [0.717, 1.165) is 5.56 Å². The highest BCUT2D eigenvalue weighted by Crippen LogP contribution is 2.24. The predicted octanol–water partition coefficient (Wildman–Crippen LogP) is 0.416. The summed E-state index contributed by atoms with van der Waals surface area (Å²) in [4.78, 5) is 11.4. The molecule has 19 heavy (non-hydrogen) atoms. The van der Waals surface area contributed by atoms with Gasteiger partial charge in [-0.25, -0.2) is 8.42 Å². The number of carbonyl (C=O) groups excluding carboxylic acids is 1. The van der Waals surface area contributed by atoms with Gasteiger partial charge in [0.2, 0.25) is 15.9 Å². The first kappa shape index (κ1) is 15.5. The Bertz CT molecular complexity index is 569. The fourth-order valence-corrected chi connectivity index (χ4v) is 3.02. The van der Waals surface area contributed by atoms with Gasteiger partial charge in [0.05, 0.1) is 13.2 Å². The summed E-state index contributed by atoms with van der Waals surface area (Å²) in [5.41, 5.74) is 0.786. The molecule has 0 aliphatic heterocycles. The van der Waals surface area contributed by atoms with E-state index in [-0.39, 0.29) is 10.6 Å². The molecule has 0 fully saturated rings. The van der Waals surface area contributed by atoms with E-state index in [1.165, 1.54) is 27.1 Å². The van der Waals surface area contributed by atoms with Crippen LogP contribution in [0.4, 0.5) is 0 Å². The normalized spacial score (nSPS) is 12.8. The summed E-state index contributed by atoms with van der Waals surface area (Å²) in [5, 5.41) is 2.38. The SMILES string of the molecule is CNC(=O)[C@H](C)NS(=O)(=O)c1cc(C)ccc1OC. The van der Waals surface area contributed by atoms with Crippen LogP contribution in [0.3, 0.4) is 0 Å². The largest absolute Gasteiger partial charge is 0.495 e. The number of likely N-dealkylation sites (N-methyl/N-ethyl adjacent to an activating group) is 1. The second-order valence-electron chi connectivity index (χ2n) is 4.11. The van der Waals surface area contributed by atoms with Crippen molar-refractivity contribution < 1.29 is 17.9 Å². The van der Waals surface area contributed by atoms with Gasteiger partial charge < -0.3 is 10.1 Å². The topological polar surface area (TPSA) is 84.5 Å². The Balaban J connectivity index is 3.13. The zero-order chi connectivity index (χ0) is 14.6. The Hall–Kier alpha value is -1.60. The maximum Gasteiger partial charge on any atom is 0.244 e. The van der Waals surface area contributed by atoms with Crippen molar-refractivity contribution in [2.75, 3.05) is 14.2 Å². The molecule has 0 aliphatic carbocycles. The Morgan fingerprint density at radius 1 is 1.37 bits per heavy atom. The zero-order valence-electron chi connectivity index (χ0n) is 11.4. The van der Waals surface area contributed by atoms with Gasteiger partial charge in [-0.05, 0) is 31.5 Å². The number of hydrogen-bond donors (Lipinski definition) is 2. The molecule has 0 heterocycles. The fraction of sp³-hybridized carbons (Fsp3) is 0.417. The first-order valence-corrected chi connectivity index (χ1v) is 7.18. The molecule has 106 valence electrons. The lowest BCUT2D eigenvalue weighted by molar-refractivity contribution is -0.121. The Kier molecular flexibility index (Phi) is 4.90. The van der Waals surface area contributed by atoms with Crippen LogP contribution in [0.2, 0.25) is 0 Å². The minimum Gasteiger partial charge on any atom is -0.495 e. The van der Waals surface area contributed by atoms with E-state index >= 15 is 0 Å². The molecule has 0 aliphatic rings. The van der Waals surface area contributed by atoms with Crippen LogP contribution in [0.5, 0.6) is 5.75 Å². The summed E-state index contributed by atoms with van der Waals surface area (Å²) in [6.45, 7) is 3.25. The van der Waals surface area contributed by atoms with E-state index in [1.54, 1.807) is 19.1 Å². The number of carbonyl (C=O) groups is 1. The van der Waals surface area contributed by atoms with Crippen LogP contribution < -0.4 is 14.8 Å². The van der Waals surface area contributed by atoms with E-state index in [0.29, 0.717) is 0 Å². The van der Waals surface area contributed by atoms with Crippen molar-refractivity contribution in [2.24, 2.45) is 0 Å². The lowest BCUT2D eigenvalue weighted by atomic mass is 10.2. The van der Waals surface area contributed by atoms with Crippen molar-refractivity contribution in [2.45, 2.75) is 24.8 Å². The van der Waals surface area contributed by atoms with Crippen molar-refractivity contribution >= 4 is 15.9 Å². The number of ether oxygens (including phenoxy) is 1. The monoisotopic (exact) mass is 286 g/mol. The number of hydrogen-bond acceptors (Lipinski definition) is 4. The summed E-state index contributed by atoms with van der Waals surface area (Å²) < 4.78 is 31.8. The highest BCUT2D eigenvalue weighted by molar-refractivity contribution is 7.89. The molecule has 2 N–H and O–H groups in total. The van der Waals surface area contributed by atoms with Crippen molar-refractivity contribution in [1.29, 1.82) is 0 Å². The van der Waals surface area contributed by atoms with E-state index in [2.05, 4.69) is 10.0 Å². The molecular weight excluding hydrogens is 268 g/mol. The first-order valence-electron chi connectivity index (χ1n) is 5.70. The van der Waals surface area contributed by atoms with E-state index in [4.69, 9.17) is 4.74 Å². The third-order valence-corrected chi connectivity index (χ3v) is 4.14. The molecule has 1 aromatic rings. The van der Waals surface area contributed by atoms with E-state index in [9.17, 15) is 13.2 Å². The molecule has 0 saturated heterocycles. The number of aryl methyl sites for hydroxylation is 1. The zero-order valence-corrected chi connectivity index (χ0v) is 12.2. The van der Waals surface area contributed by atoms with Crippen LogP contribution in [-0.2, 0) is 14.8 Å². The molecule has 0 radical (unpaired) electrons. The molecule has 0 aromatic heterocycles. The third-order valence-electron chi connectivity index (χ3n) is 2.58. The van der Waals surface area contributed by atoms with Crippen molar-refractivity contribution in [3.05, 3.63) is 23.8 Å². The van der Waals surface area contributed by atoms with Gasteiger partial charge in [-0.2, -0.15) is 4.72 Å². The summed E-state index contributed by atoms with van der Waals surface area (Å²) in [5.74, 6) is -0.169. The molecule has 1 atom stereocenters. The van der Waals surface area contributed by atoms with Gasteiger partial charge in [-0.15, -0.1) is 0 Å². The van der Waals surface area contributed by atoms with E-state index in [1.807, 2.05) is 0 Å². The van der Waals surface area contributed by atoms with Crippen LogP contribution >= 0.6 is 0 Å². The molecule has 0 spiro atoms. The summed E-state index contributed by atoms with van der Waals surface area (Å²) in [6.07, 6.45) is 0. The van der Waals surface area contributed by atoms with Crippen molar-refractivity contribution in [1.82, 2.24) is 10.0 Å². The summed E-state index contributed by atoms with van der Waals surface area (Å²) in [7, 11) is -0.976. The average molecular weight is 286 g/mol. The van der Waals surface area contributed by atoms with Gasteiger partial charge in [-0.1, -0.05) is 6.07 Å². The Labute approximate surface area is 113 Å². The standard InChI is InChI=1S/C12H18N2O4S/c1-8-5-6-10(18-4)11(7-8)19(16,17)14-9(2)12(15)13-3/h5-7,9,14H,1-4H3,(H,13,15)/t9-/m0/s1. The second-order valence-corrected chi connectivity index (χ2v) is 5.79. The van der Waals surface area contributed by atoms with Gasteiger partial charge in [0.1, 0.15) is 10.6 Å². The highest BCUT2D eigenvalue weighted by Gasteiger charge is 2.24. The Morgan fingerprint density at radius 3 is 2.53 bits per heavy atom. The maximum absolute atomic E-state index is 12.2. The van der Waals surface area contributed by atoms with Gasteiger partial charge in [-0.3, -0.25) is 4.79 Å². The Morgan fingerprint density at radius 2 is 2.00 bits per heavy atom. The van der Waals surface area contributed by atoms with Crippen LogP contribution in [-0.4, -0.2) is 34.5 Å². The predicted molar refractivity (Wildman–Crippen MR) is 71.6 cm³/mol. The first-order chi connectivity index (χ1) is 8.81. The smallest absolute Gasteiger partial charge is 0.244 e. The number of amides is 1. The van der Waals surface area contributed by atoms with Crippen molar-refractivity contribution in [3.63, 3.8) is 0 Å². The second kappa shape index (κ2) is 6.03. The van der Waals surface area contributed by atoms with Crippen LogP contribution in [0.1, 0.15) is 12.5 Å². The average Bonchev–Trinajstić information content (AvgIpc) is 2.37. The minimum atomic E-state index is -3.82. The highest BCUT2D eigenvalue weighted by atomic mass is 32.2. The minimum absolute atomic E-state index is 0.0192. The quantitative estimate of drug-likeness (QED) is 0.821. The van der Waals surface area contributed by atoms with E-state index < -0.39 is 22.0 Å². The molecule has 7 heteroatoms. The molecule has 0 saturated carbocycles. The lowest BCUT2D eigenvalue weighted by Crippen LogP contribution is -2.43. The number of sulfonamides is 1. The molecule has 6 nitrogen and oxygen atoms in total. The summed E-state index contributed by atoms with van der Waals surface area (Å²) in [6, 6.07) is 3.96. The van der Waals surface area contributed by atoms with Gasteiger partial charge in [0, 0.05) is 7.05 Å². The summed E-state index contributed by atoms with van der Waals surface area (Å²) >= 11 is 0. The van der Waals surface area contributed by atoms with Gasteiger partial charge in [0.15, 0.2) is 0 Å². The number of benzene rings is 1. The third kappa shape index (κ3) is 3.68.